The Hall–Kier alpha value is -5.34. The summed E-state index contributed by atoms with van der Waals surface area (Å²) in [6, 6.07) is 24.6. The van der Waals surface area contributed by atoms with Crippen molar-refractivity contribution in [3.8, 4) is 22.9 Å². The number of hydrogen-bond donors (Lipinski definition) is 0. The van der Waals surface area contributed by atoms with Gasteiger partial charge in [0.2, 0.25) is 22.2 Å². The Bertz CT molecular complexity index is 2580. The van der Waals surface area contributed by atoms with Crippen molar-refractivity contribution in [2.45, 2.75) is 0 Å². The number of hydrogen-bond acceptors (Lipinski definition) is 3. The van der Waals surface area contributed by atoms with Crippen LogP contribution in [0.5, 0.6) is 11.5 Å². The quantitative estimate of drug-likeness (QED) is 0.172. The number of aryl methyl sites for hydroxylation is 1. The Balaban J connectivity index is 1.56. The smallest absolute Gasteiger partial charge is 0.369 e. The highest BCUT2D eigenvalue weighted by Crippen LogP contribution is 2.59. The van der Waals surface area contributed by atoms with Gasteiger partial charge >= 0.3 is 17.2 Å². The van der Waals surface area contributed by atoms with Crippen molar-refractivity contribution in [3.63, 3.8) is 0 Å². The predicted molar refractivity (Wildman–Crippen MR) is 146 cm³/mol. The zero-order valence-corrected chi connectivity index (χ0v) is 20.6. The molecule has 0 radical (unpaired) electrons. The summed E-state index contributed by atoms with van der Waals surface area (Å²) in [5.41, 5.74) is 8.91. The second kappa shape index (κ2) is 5.57. The maximum atomic E-state index is 14.1. The first-order valence-corrected chi connectivity index (χ1v) is 13.0. The average Bonchev–Trinajstić information content (AvgIpc) is 3.58. The third kappa shape index (κ3) is 1.64. The number of imidazole rings is 1. The lowest BCUT2D eigenvalue weighted by atomic mass is 10.0. The standard InChI is InChI=1S/C31H17N6O2/c1-33-20-9-2-3-10-21(20)36-30(33)19-8-5-11-22-27(19)37(36)28-23(39-22)13-12-18-26(28)35-25-16(6-4-7-17(25)29(18)38)24-31(35)34(37)15-14-32-24/h2-15H,1H3/q+3. The normalized spacial score (nSPS) is 17.8. The Kier molecular flexibility index (Phi) is 2.69. The fraction of sp³-hybridized carbons (Fsp3) is 0.0323. The van der Waals surface area contributed by atoms with Gasteiger partial charge in [-0.2, -0.15) is 4.40 Å². The van der Waals surface area contributed by atoms with Gasteiger partial charge in [0.25, 0.3) is 5.69 Å². The van der Waals surface area contributed by atoms with Gasteiger partial charge in [-0.1, -0.05) is 24.3 Å². The molecule has 0 amide bonds. The summed E-state index contributed by atoms with van der Waals surface area (Å²) < 4.78 is 16.1. The third-order valence-electron chi connectivity index (χ3n) is 9.07. The molecule has 180 valence electrons. The first-order valence-electron chi connectivity index (χ1n) is 13.0. The van der Waals surface area contributed by atoms with Crippen molar-refractivity contribution >= 4 is 60.8 Å². The molecule has 3 aliphatic heterocycles. The predicted octanol–water partition coefficient (Wildman–Crippen LogP) is 4.62. The van der Waals surface area contributed by atoms with Crippen molar-refractivity contribution in [2.75, 3.05) is 0 Å². The van der Waals surface area contributed by atoms with Crippen LogP contribution in [0.15, 0.2) is 90.0 Å². The lowest BCUT2D eigenvalue weighted by Crippen LogP contribution is -2.83. The van der Waals surface area contributed by atoms with Crippen LogP contribution in [-0.2, 0) is 7.05 Å². The summed E-state index contributed by atoms with van der Waals surface area (Å²) in [6.07, 6.45) is 3.94. The van der Waals surface area contributed by atoms with Crippen LogP contribution in [0.2, 0.25) is 0 Å². The molecule has 7 heterocycles. The van der Waals surface area contributed by atoms with Gasteiger partial charge in [-0.15, -0.1) is 0 Å². The highest BCUT2D eigenvalue weighted by molar-refractivity contribution is 6.16. The molecule has 1 atom stereocenters. The molecular weight excluding hydrogens is 488 g/mol. The van der Waals surface area contributed by atoms with E-state index in [9.17, 15) is 4.79 Å². The minimum absolute atomic E-state index is 0.0294. The van der Waals surface area contributed by atoms with Crippen molar-refractivity contribution < 1.29 is 14.1 Å². The molecular formula is C31H17N6O2+3. The van der Waals surface area contributed by atoms with Gasteiger partial charge in [0.15, 0.2) is 28.5 Å². The fourth-order valence-corrected chi connectivity index (χ4v) is 7.76. The van der Waals surface area contributed by atoms with Gasteiger partial charge < -0.3 is 4.74 Å². The second-order valence-electron chi connectivity index (χ2n) is 10.7. The summed E-state index contributed by atoms with van der Waals surface area (Å²) in [5.74, 6) is 2.62. The second-order valence-corrected chi connectivity index (χ2v) is 10.7. The average molecular weight is 506 g/mol. The lowest BCUT2D eigenvalue weighted by molar-refractivity contribution is -1.01. The van der Waals surface area contributed by atoms with Crippen LogP contribution in [0.25, 0.3) is 60.8 Å². The molecule has 1 spiro atoms. The number of rotatable bonds is 0. The molecule has 0 fully saturated rings. The van der Waals surface area contributed by atoms with Crippen LogP contribution in [0, 0.1) is 0 Å². The number of benzene rings is 4. The molecule has 0 saturated carbocycles. The fourth-order valence-electron chi connectivity index (χ4n) is 7.76. The van der Waals surface area contributed by atoms with Crippen molar-refractivity contribution in [3.05, 3.63) is 95.4 Å². The zero-order valence-electron chi connectivity index (χ0n) is 20.6. The molecule has 39 heavy (non-hydrogen) atoms. The van der Waals surface area contributed by atoms with E-state index in [0.717, 1.165) is 72.9 Å². The molecule has 0 saturated heterocycles. The SMILES string of the molecule is Cn1c2[n+](c3ccccc31)[N+]13c4c(cccc4-2)Oc2ccc4c(=O)c5cccc6c7ncc[n+]1c7n(c4c23)c56. The molecule has 8 aromatic rings. The molecule has 0 N–H and O–H groups in total. The van der Waals surface area contributed by atoms with E-state index in [4.69, 9.17) is 9.72 Å². The van der Waals surface area contributed by atoms with E-state index in [-0.39, 0.29) is 10.1 Å². The summed E-state index contributed by atoms with van der Waals surface area (Å²) >= 11 is 0. The number of para-hydroxylation sites is 4. The molecule has 4 aromatic heterocycles. The highest BCUT2D eigenvalue weighted by Gasteiger charge is 2.68. The molecule has 8 nitrogen and oxygen atoms in total. The summed E-state index contributed by atoms with van der Waals surface area (Å²) in [4.78, 5) is 19.0. The van der Waals surface area contributed by atoms with Crippen molar-refractivity contribution in [1.29, 1.82) is 0 Å². The van der Waals surface area contributed by atoms with Crippen molar-refractivity contribution in [1.82, 2.24) is 18.7 Å². The van der Waals surface area contributed by atoms with Crippen LogP contribution in [0.1, 0.15) is 0 Å². The van der Waals surface area contributed by atoms with E-state index in [1.807, 2.05) is 36.5 Å². The largest absolute Gasteiger partial charge is 0.444 e. The highest BCUT2D eigenvalue weighted by atomic mass is 16.5. The van der Waals surface area contributed by atoms with E-state index in [1.165, 1.54) is 0 Å². The maximum Gasteiger partial charge on any atom is 0.369 e. The monoisotopic (exact) mass is 505 g/mol. The van der Waals surface area contributed by atoms with Crippen LogP contribution < -0.4 is 24.2 Å². The third-order valence-corrected chi connectivity index (χ3v) is 9.07. The number of nitrogens with zero attached hydrogens (tertiary/aromatic N) is 6. The lowest BCUT2D eigenvalue weighted by Gasteiger charge is -2.32. The van der Waals surface area contributed by atoms with E-state index in [2.05, 4.69) is 74.0 Å². The summed E-state index contributed by atoms with van der Waals surface area (Å²) in [5, 5.41) is 2.36. The van der Waals surface area contributed by atoms with Gasteiger partial charge in [-0.25, -0.2) is 9.55 Å². The summed E-state index contributed by atoms with van der Waals surface area (Å²) in [6.45, 7) is 0. The minimum Gasteiger partial charge on any atom is -0.444 e. The Morgan fingerprint density at radius 3 is 2.62 bits per heavy atom. The van der Waals surface area contributed by atoms with Crippen LogP contribution in [0.3, 0.4) is 0 Å². The molecule has 0 aliphatic carbocycles. The van der Waals surface area contributed by atoms with Gasteiger partial charge in [0.05, 0.1) is 34.1 Å². The van der Waals surface area contributed by atoms with E-state index < -0.39 is 0 Å². The Morgan fingerprint density at radius 2 is 1.67 bits per heavy atom. The molecule has 1 unspecified atom stereocenters. The van der Waals surface area contributed by atoms with Gasteiger partial charge in [0.1, 0.15) is 5.56 Å². The number of aromatic nitrogens is 5. The maximum absolute atomic E-state index is 14.1. The number of ether oxygens (including phenoxy) is 1. The number of quaternary nitrogens is 1. The van der Waals surface area contributed by atoms with E-state index >= 15 is 0 Å². The first-order chi connectivity index (χ1) is 19.2. The summed E-state index contributed by atoms with van der Waals surface area (Å²) in [7, 11) is 2.12. The number of pyridine rings is 1. The topological polar surface area (TPSA) is 56.3 Å². The molecule has 3 aliphatic rings. The Morgan fingerprint density at radius 1 is 0.846 bits per heavy atom. The first kappa shape index (κ1) is 18.8. The van der Waals surface area contributed by atoms with Crippen LogP contribution >= 0.6 is 0 Å². The molecule has 0 bridgehead atoms. The van der Waals surface area contributed by atoms with Gasteiger partial charge in [0, 0.05) is 4.68 Å². The molecule has 4 aromatic carbocycles. The molecule has 11 rings (SSSR count). The van der Waals surface area contributed by atoms with E-state index in [0.29, 0.717) is 10.8 Å². The van der Waals surface area contributed by atoms with Gasteiger partial charge in [-0.05, 0) is 53.2 Å². The Labute approximate surface area is 218 Å². The van der Waals surface area contributed by atoms with Crippen LogP contribution in [0.4, 0.5) is 11.4 Å². The van der Waals surface area contributed by atoms with Crippen LogP contribution in [-0.4, -0.2) is 14.0 Å². The van der Waals surface area contributed by atoms with Crippen molar-refractivity contribution in [2.24, 2.45) is 7.05 Å². The minimum atomic E-state index is 0.0294. The zero-order chi connectivity index (χ0) is 25.4. The van der Waals surface area contributed by atoms with Gasteiger partial charge in [-0.3, -0.25) is 4.79 Å². The number of fused-ring (bicyclic) bond motifs is 5. The molecule has 8 heteroatoms. The van der Waals surface area contributed by atoms with E-state index in [1.54, 1.807) is 0 Å².